The fourth-order valence-electron chi connectivity index (χ4n) is 3.76. The second-order valence-corrected chi connectivity index (χ2v) is 8.41. The summed E-state index contributed by atoms with van der Waals surface area (Å²) in [6.07, 6.45) is 1.37. The number of hydrogen-bond donors (Lipinski definition) is 1. The van der Waals surface area contributed by atoms with E-state index in [2.05, 4.69) is 4.98 Å². The molecule has 0 fully saturated rings. The van der Waals surface area contributed by atoms with Crippen molar-refractivity contribution in [2.24, 2.45) is 5.92 Å². The Morgan fingerprint density at radius 2 is 2.06 bits per heavy atom. The zero-order valence-corrected chi connectivity index (χ0v) is 18.8. The first-order valence-electron chi connectivity index (χ1n) is 10.6. The Morgan fingerprint density at radius 3 is 2.71 bits per heavy atom. The Morgan fingerprint density at radius 1 is 1.35 bits per heavy atom. The molecular weight excluding hydrogens is 394 g/mol. The molecule has 7 nitrogen and oxygen atoms in total. The Labute approximate surface area is 183 Å². The summed E-state index contributed by atoms with van der Waals surface area (Å²) in [5, 5.41) is 9.76. The number of rotatable bonds is 5. The molecule has 0 bridgehead atoms. The molecule has 2 aromatic rings. The van der Waals surface area contributed by atoms with Crippen LogP contribution in [0.4, 0.5) is 0 Å². The summed E-state index contributed by atoms with van der Waals surface area (Å²) in [5.74, 6) is -0.0842. The highest BCUT2D eigenvalue weighted by Gasteiger charge is 2.34. The first-order chi connectivity index (χ1) is 14.7. The maximum Gasteiger partial charge on any atom is 0.259 e. The fourth-order valence-corrected chi connectivity index (χ4v) is 3.76. The van der Waals surface area contributed by atoms with Gasteiger partial charge in [-0.2, -0.15) is 0 Å². The minimum absolute atomic E-state index is 0.0578. The molecule has 1 aromatic carbocycles. The quantitative estimate of drug-likeness (QED) is 0.797. The van der Waals surface area contributed by atoms with Crippen LogP contribution >= 0.6 is 0 Å². The van der Waals surface area contributed by atoms with Crippen LogP contribution in [0, 0.1) is 12.8 Å². The third-order valence-electron chi connectivity index (χ3n) is 5.97. The van der Waals surface area contributed by atoms with Crippen molar-refractivity contribution in [1.29, 1.82) is 0 Å². The number of aliphatic hydroxyl groups is 1. The molecule has 0 spiro atoms. The van der Waals surface area contributed by atoms with Gasteiger partial charge in [-0.1, -0.05) is 31.2 Å². The minimum atomic E-state index is -0.353. The van der Waals surface area contributed by atoms with E-state index >= 15 is 0 Å². The van der Waals surface area contributed by atoms with Gasteiger partial charge in [0.05, 0.1) is 19.2 Å². The van der Waals surface area contributed by atoms with Gasteiger partial charge in [0, 0.05) is 38.2 Å². The molecule has 166 valence electrons. The standard InChI is InChI=1S/C24H31N3O4/c1-15-8-6-7-9-20(15)19-10-21-23(25-11-19)31-22(13-26(5)18(4)29)16(2)12-27(24(21)30)17(3)14-28/h6-11,16-17,22,28H,12-14H2,1-5H3/t16-,17-,22+/m0/s1. The summed E-state index contributed by atoms with van der Waals surface area (Å²) in [4.78, 5) is 33.0. The number of carbonyl (C=O) groups excluding carboxylic acids is 2. The van der Waals surface area contributed by atoms with Crippen LogP contribution in [-0.2, 0) is 4.79 Å². The largest absolute Gasteiger partial charge is 0.472 e. The number of aromatic nitrogens is 1. The predicted molar refractivity (Wildman–Crippen MR) is 119 cm³/mol. The molecule has 7 heteroatoms. The van der Waals surface area contributed by atoms with Crippen LogP contribution in [0.15, 0.2) is 36.5 Å². The van der Waals surface area contributed by atoms with E-state index in [0.717, 1.165) is 16.7 Å². The Bertz CT molecular complexity index is 962. The Hall–Kier alpha value is -2.93. The van der Waals surface area contributed by atoms with Gasteiger partial charge in [-0.25, -0.2) is 4.98 Å². The maximum atomic E-state index is 13.5. The number of nitrogens with zero attached hydrogens (tertiary/aromatic N) is 3. The predicted octanol–water partition coefficient (Wildman–Crippen LogP) is 2.76. The summed E-state index contributed by atoms with van der Waals surface area (Å²) in [7, 11) is 1.73. The zero-order valence-electron chi connectivity index (χ0n) is 18.8. The molecule has 0 radical (unpaired) electrons. The summed E-state index contributed by atoms with van der Waals surface area (Å²) in [6, 6.07) is 9.39. The minimum Gasteiger partial charge on any atom is -0.472 e. The molecule has 2 heterocycles. The number of benzene rings is 1. The molecule has 1 aliphatic rings. The van der Waals surface area contributed by atoms with Crippen molar-refractivity contribution in [2.45, 2.75) is 39.8 Å². The van der Waals surface area contributed by atoms with Gasteiger partial charge in [0.15, 0.2) is 0 Å². The van der Waals surface area contributed by atoms with E-state index in [1.165, 1.54) is 6.92 Å². The fraction of sp³-hybridized carbons (Fsp3) is 0.458. The summed E-state index contributed by atoms with van der Waals surface area (Å²) in [5.41, 5.74) is 3.27. The number of carbonyl (C=O) groups is 2. The van der Waals surface area contributed by atoms with Crippen LogP contribution in [0.5, 0.6) is 5.88 Å². The van der Waals surface area contributed by atoms with E-state index < -0.39 is 0 Å². The van der Waals surface area contributed by atoms with Gasteiger partial charge in [-0.05, 0) is 31.0 Å². The normalized spacial score (nSPS) is 19.7. The number of aliphatic hydroxyl groups excluding tert-OH is 1. The van der Waals surface area contributed by atoms with Crippen molar-refractivity contribution >= 4 is 11.8 Å². The molecule has 1 aromatic heterocycles. The average molecular weight is 426 g/mol. The van der Waals surface area contributed by atoms with Crippen LogP contribution in [0.3, 0.4) is 0 Å². The van der Waals surface area contributed by atoms with Crippen LogP contribution in [-0.4, -0.2) is 70.6 Å². The number of aryl methyl sites for hydroxylation is 1. The number of amides is 2. The second-order valence-electron chi connectivity index (χ2n) is 8.41. The highest BCUT2D eigenvalue weighted by atomic mass is 16.5. The number of fused-ring (bicyclic) bond motifs is 1. The first kappa shape index (κ1) is 22.7. The van der Waals surface area contributed by atoms with Crippen molar-refractivity contribution in [3.05, 3.63) is 47.7 Å². The van der Waals surface area contributed by atoms with E-state index in [1.54, 1.807) is 23.0 Å². The van der Waals surface area contributed by atoms with Crippen molar-refractivity contribution in [1.82, 2.24) is 14.8 Å². The second kappa shape index (κ2) is 9.47. The molecule has 0 saturated heterocycles. The summed E-state index contributed by atoms with van der Waals surface area (Å²) < 4.78 is 6.21. The van der Waals surface area contributed by atoms with E-state index in [4.69, 9.17) is 4.74 Å². The molecule has 3 rings (SSSR count). The van der Waals surface area contributed by atoms with E-state index in [0.29, 0.717) is 18.7 Å². The maximum absolute atomic E-state index is 13.5. The molecule has 1 aliphatic heterocycles. The third kappa shape index (κ3) is 4.88. The van der Waals surface area contributed by atoms with E-state index in [-0.39, 0.29) is 42.4 Å². The van der Waals surface area contributed by atoms with Gasteiger partial charge < -0.3 is 19.6 Å². The van der Waals surface area contributed by atoms with Crippen molar-refractivity contribution in [2.75, 3.05) is 26.7 Å². The number of ether oxygens (including phenoxy) is 1. The zero-order chi connectivity index (χ0) is 22.7. The molecule has 31 heavy (non-hydrogen) atoms. The van der Waals surface area contributed by atoms with Gasteiger partial charge in [-0.15, -0.1) is 0 Å². The van der Waals surface area contributed by atoms with Crippen molar-refractivity contribution in [3.63, 3.8) is 0 Å². The van der Waals surface area contributed by atoms with Crippen LogP contribution < -0.4 is 4.74 Å². The van der Waals surface area contributed by atoms with Gasteiger partial charge in [-0.3, -0.25) is 9.59 Å². The van der Waals surface area contributed by atoms with Crippen molar-refractivity contribution in [3.8, 4) is 17.0 Å². The molecule has 3 atom stereocenters. The van der Waals surface area contributed by atoms with Crippen LogP contribution in [0.2, 0.25) is 0 Å². The summed E-state index contributed by atoms with van der Waals surface area (Å²) in [6.45, 7) is 7.98. The van der Waals surface area contributed by atoms with Crippen LogP contribution in [0.1, 0.15) is 36.7 Å². The van der Waals surface area contributed by atoms with Crippen molar-refractivity contribution < 1.29 is 19.4 Å². The van der Waals surface area contributed by atoms with Gasteiger partial charge in [0.2, 0.25) is 11.8 Å². The van der Waals surface area contributed by atoms with Gasteiger partial charge in [0.25, 0.3) is 5.91 Å². The summed E-state index contributed by atoms with van der Waals surface area (Å²) >= 11 is 0. The average Bonchev–Trinajstić information content (AvgIpc) is 2.75. The van der Waals surface area contributed by atoms with E-state index in [9.17, 15) is 14.7 Å². The topological polar surface area (TPSA) is 83.0 Å². The smallest absolute Gasteiger partial charge is 0.259 e. The SMILES string of the molecule is CC(=O)N(C)C[C@H]1Oc2ncc(-c3ccccc3C)cc2C(=O)N([C@@H](C)CO)C[C@@H]1C. The van der Waals surface area contributed by atoms with Gasteiger partial charge >= 0.3 is 0 Å². The first-order valence-corrected chi connectivity index (χ1v) is 10.6. The highest BCUT2D eigenvalue weighted by molar-refractivity contribution is 5.98. The number of pyridine rings is 1. The number of likely N-dealkylation sites (N-methyl/N-ethyl adjacent to an activating group) is 1. The molecule has 0 unspecified atom stereocenters. The third-order valence-corrected chi connectivity index (χ3v) is 5.97. The molecular formula is C24H31N3O4. The Balaban J connectivity index is 2.07. The van der Waals surface area contributed by atoms with Gasteiger partial charge in [0.1, 0.15) is 11.7 Å². The molecule has 2 amide bonds. The molecule has 0 aliphatic carbocycles. The van der Waals surface area contributed by atoms with E-state index in [1.807, 2.05) is 51.1 Å². The lowest BCUT2D eigenvalue weighted by Gasteiger charge is -2.37. The lowest BCUT2D eigenvalue weighted by Crippen LogP contribution is -2.50. The monoisotopic (exact) mass is 425 g/mol. The highest BCUT2D eigenvalue weighted by Crippen LogP contribution is 2.31. The lowest BCUT2D eigenvalue weighted by molar-refractivity contribution is -0.129. The number of hydrogen-bond acceptors (Lipinski definition) is 5. The molecule has 1 N–H and O–H groups in total. The lowest BCUT2D eigenvalue weighted by atomic mass is 9.98. The van der Waals surface area contributed by atoms with Crippen LogP contribution in [0.25, 0.3) is 11.1 Å². The molecule has 0 saturated carbocycles. The Kier molecular flexibility index (Phi) is 6.95.